The zero-order chi connectivity index (χ0) is 13.4. The van der Waals surface area contributed by atoms with Gasteiger partial charge in [-0.25, -0.2) is 4.79 Å². The van der Waals surface area contributed by atoms with Gasteiger partial charge in [-0.3, -0.25) is 10.1 Å². The third-order valence-electron chi connectivity index (χ3n) is 2.29. The molecule has 6 heteroatoms. The number of alkyl halides is 1. The van der Waals surface area contributed by atoms with Crippen LogP contribution in [0.1, 0.15) is 20.3 Å². The van der Waals surface area contributed by atoms with E-state index in [1.54, 1.807) is 4.90 Å². The van der Waals surface area contributed by atoms with E-state index in [4.69, 9.17) is 11.6 Å². The average Bonchev–Trinajstić information content (AvgIpc) is 2.23. The SMILES string of the molecule is CCN(CCCN(C)C)C(=O)NC(=O)C(C)Cl. The standard InChI is InChI=1S/C11H22ClN3O2/c1-5-15(8-6-7-14(3)4)11(17)13-10(16)9(2)12/h9H,5-8H2,1-4H3,(H,13,16,17). The summed E-state index contributed by atoms with van der Waals surface area (Å²) in [4.78, 5) is 26.6. The zero-order valence-electron chi connectivity index (χ0n) is 11.0. The molecule has 0 aromatic carbocycles. The quantitative estimate of drug-likeness (QED) is 0.731. The number of hydrogen-bond acceptors (Lipinski definition) is 3. The zero-order valence-corrected chi connectivity index (χ0v) is 11.8. The lowest BCUT2D eigenvalue weighted by molar-refractivity contribution is -0.119. The Hall–Kier alpha value is -0.810. The van der Waals surface area contributed by atoms with Crippen LogP contribution in [-0.4, -0.2) is 60.8 Å². The molecular weight excluding hydrogens is 242 g/mol. The number of urea groups is 1. The second-order valence-electron chi connectivity index (χ2n) is 4.15. The summed E-state index contributed by atoms with van der Waals surface area (Å²) in [7, 11) is 3.96. The summed E-state index contributed by atoms with van der Waals surface area (Å²) in [5, 5.41) is 1.58. The van der Waals surface area contributed by atoms with E-state index in [2.05, 4.69) is 10.2 Å². The fraction of sp³-hybridized carbons (Fsp3) is 0.818. The Morgan fingerprint density at radius 2 is 1.88 bits per heavy atom. The Labute approximate surface area is 108 Å². The topological polar surface area (TPSA) is 52.6 Å². The molecule has 0 radical (unpaired) electrons. The van der Waals surface area contributed by atoms with Crippen LogP contribution in [0.5, 0.6) is 0 Å². The van der Waals surface area contributed by atoms with Gasteiger partial charge in [-0.1, -0.05) is 0 Å². The second kappa shape index (κ2) is 8.31. The fourth-order valence-corrected chi connectivity index (χ4v) is 1.32. The summed E-state index contributed by atoms with van der Waals surface area (Å²) >= 11 is 5.58. The summed E-state index contributed by atoms with van der Waals surface area (Å²) in [6.07, 6.45) is 0.874. The molecule has 0 rings (SSSR count). The minimum absolute atomic E-state index is 0.372. The maximum absolute atomic E-state index is 11.7. The van der Waals surface area contributed by atoms with E-state index in [0.29, 0.717) is 13.1 Å². The fourth-order valence-electron chi connectivity index (χ4n) is 1.26. The highest BCUT2D eigenvalue weighted by Gasteiger charge is 2.17. The van der Waals surface area contributed by atoms with Crippen LogP contribution >= 0.6 is 11.6 Å². The van der Waals surface area contributed by atoms with Crippen LogP contribution in [-0.2, 0) is 4.79 Å². The van der Waals surface area contributed by atoms with E-state index in [1.165, 1.54) is 6.92 Å². The van der Waals surface area contributed by atoms with Crippen molar-refractivity contribution in [2.75, 3.05) is 33.7 Å². The van der Waals surface area contributed by atoms with Crippen molar-refractivity contribution >= 4 is 23.5 Å². The molecule has 0 aromatic heterocycles. The molecule has 1 atom stereocenters. The lowest BCUT2D eigenvalue weighted by Crippen LogP contribution is -2.45. The van der Waals surface area contributed by atoms with Gasteiger partial charge >= 0.3 is 6.03 Å². The number of carbonyl (C=O) groups excluding carboxylic acids is 2. The van der Waals surface area contributed by atoms with Crippen LogP contribution < -0.4 is 5.32 Å². The lowest BCUT2D eigenvalue weighted by Gasteiger charge is -2.22. The van der Waals surface area contributed by atoms with Crippen molar-refractivity contribution in [1.82, 2.24) is 15.1 Å². The number of nitrogens with zero attached hydrogens (tertiary/aromatic N) is 2. The van der Waals surface area contributed by atoms with E-state index in [1.807, 2.05) is 21.0 Å². The second-order valence-corrected chi connectivity index (χ2v) is 4.80. The van der Waals surface area contributed by atoms with Crippen LogP contribution in [0.15, 0.2) is 0 Å². The maximum Gasteiger partial charge on any atom is 0.324 e. The van der Waals surface area contributed by atoms with Gasteiger partial charge in [0.15, 0.2) is 0 Å². The summed E-state index contributed by atoms with van der Waals surface area (Å²) < 4.78 is 0. The summed E-state index contributed by atoms with van der Waals surface area (Å²) in [5.74, 6) is -0.456. The van der Waals surface area contributed by atoms with Crippen molar-refractivity contribution in [2.24, 2.45) is 0 Å². The number of imide groups is 1. The third-order valence-corrected chi connectivity index (χ3v) is 2.49. The Balaban J connectivity index is 4.08. The molecule has 0 aliphatic carbocycles. The van der Waals surface area contributed by atoms with Gasteiger partial charge in [0, 0.05) is 13.1 Å². The van der Waals surface area contributed by atoms with Crippen LogP contribution in [0.3, 0.4) is 0 Å². The van der Waals surface area contributed by atoms with Gasteiger partial charge in [-0.05, 0) is 40.9 Å². The van der Waals surface area contributed by atoms with Crippen molar-refractivity contribution in [2.45, 2.75) is 25.6 Å². The number of halogens is 1. The van der Waals surface area contributed by atoms with Gasteiger partial charge in [0.2, 0.25) is 5.91 Å². The van der Waals surface area contributed by atoms with E-state index in [9.17, 15) is 9.59 Å². The first-order chi connectivity index (χ1) is 7.88. The first-order valence-corrected chi connectivity index (χ1v) is 6.20. The van der Waals surface area contributed by atoms with Crippen LogP contribution in [0.25, 0.3) is 0 Å². The predicted molar refractivity (Wildman–Crippen MR) is 69.3 cm³/mol. The molecule has 0 saturated heterocycles. The average molecular weight is 264 g/mol. The first kappa shape index (κ1) is 16.2. The van der Waals surface area contributed by atoms with E-state index >= 15 is 0 Å². The van der Waals surface area contributed by atoms with Crippen molar-refractivity contribution in [3.8, 4) is 0 Å². The van der Waals surface area contributed by atoms with Gasteiger partial charge in [-0.2, -0.15) is 0 Å². The minimum atomic E-state index is -0.695. The molecule has 0 aromatic rings. The van der Waals surface area contributed by atoms with E-state index in [-0.39, 0.29) is 6.03 Å². The number of nitrogens with one attached hydrogen (secondary N) is 1. The molecule has 0 aliphatic rings. The van der Waals surface area contributed by atoms with Crippen molar-refractivity contribution in [1.29, 1.82) is 0 Å². The maximum atomic E-state index is 11.7. The Morgan fingerprint density at radius 1 is 1.29 bits per heavy atom. The number of amides is 3. The van der Waals surface area contributed by atoms with E-state index < -0.39 is 11.3 Å². The molecule has 1 N–H and O–H groups in total. The van der Waals surface area contributed by atoms with E-state index in [0.717, 1.165) is 13.0 Å². The molecule has 0 spiro atoms. The molecule has 0 aliphatic heterocycles. The highest BCUT2D eigenvalue weighted by Crippen LogP contribution is 1.97. The minimum Gasteiger partial charge on any atom is -0.325 e. The summed E-state index contributed by atoms with van der Waals surface area (Å²) in [6, 6.07) is -0.372. The van der Waals surface area contributed by atoms with Crippen molar-refractivity contribution in [3.63, 3.8) is 0 Å². The largest absolute Gasteiger partial charge is 0.325 e. The first-order valence-electron chi connectivity index (χ1n) is 5.77. The van der Waals surface area contributed by atoms with Crippen molar-refractivity contribution in [3.05, 3.63) is 0 Å². The molecule has 1 unspecified atom stereocenters. The lowest BCUT2D eigenvalue weighted by atomic mass is 10.3. The molecule has 3 amide bonds. The molecule has 100 valence electrons. The summed E-state index contributed by atoms with van der Waals surface area (Å²) in [5.41, 5.74) is 0. The molecule has 0 bridgehead atoms. The van der Waals surface area contributed by atoms with Gasteiger partial charge in [0.05, 0.1) is 0 Å². The Kier molecular flexibility index (Phi) is 7.91. The predicted octanol–water partition coefficient (Wildman–Crippen LogP) is 1.12. The van der Waals surface area contributed by atoms with Crippen LogP contribution in [0.4, 0.5) is 4.79 Å². The monoisotopic (exact) mass is 263 g/mol. The molecule has 17 heavy (non-hydrogen) atoms. The Bertz CT molecular complexity index is 257. The Morgan fingerprint density at radius 3 is 2.29 bits per heavy atom. The van der Waals surface area contributed by atoms with Gasteiger partial charge in [0.1, 0.15) is 5.38 Å². The molecule has 0 heterocycles. The molecule has 5 nitrogen and oxygen atoms in total. The highest BCUT2D eigenvalue weighted by molar-refractivity contribution is 6.31. The van der Waals surface area contributed by atoms with Crippen LogP contribution in [0, 0.1) is 0 Å². The third kappa shape index (κ3) is 7.18. The van der Waals surface area contributed by atoms with Crippen molar-refractivity contribution < 1.29 is 9.59 Å². The van der Waals surface area contributed by atoms with Gasteiger partial charge < -0.3 is 9.80 Å². The van der Waals surface area contributed by atoms with Crippen LogP contribution in [0.2, 0.25) is 0 Å². The number of carbonyl (C=O) groups is 2. The molecular formula is C11H22ClN3O2. The highest BCUT2D eigenvalue weighted by atomic mass is 35.5. The number of rotatable bonds is 6. The smallest absolute Gasteiger partial charge is 0.324 e. The van der Waals surface area contributed by atoms with Gasteiger partial charge in [-0.15, -0.1) is 11.6 Å². The molecule has 0 fully saturated rings. The summed E-state index contributed by atoms with van der Waals surface area (Å²) in [6.45, 7) is 5.52. The van der Waals surface area contributed by atoms with Gasteiger partial charge in [0.25, 0.3) is 0 Å². The normalized spacial score (nSPS) is 12.4. The molecule has 0 saturated carbocycles. The number of hydrogen-bond donors (Lipinski definition) is 1.